The van der Waals surface area contributed by atoms with Crippen LogP contribution >= 0.6 is 0 Å². The van der Waals surface area contributed by atoms with Crippen LogP contribution < -0.4 is 10.5 Å². The lowest BCUT2D eigenvalue weighted by molar-refractivity contribution is 0.0994. The monoisotopic (exact) mass is 435 g/mol. The maximum Gasteiger partial charge on any atom is 0.269 e. The van der Waals surface area contributed by atoms with Gasteiger partial charge in [0.15, 0.2) is 5.69 Å². The molecule has 7 nitrogen and oxygen atoms in total. The molecule has 0 aliphatic carbocycles. The molecule has 3 heterocycles. The Hall–Kier alpha value is -3.68. The van der Waals surface area contributed by atoms with Gasteiger partial charge in [0.05, 0.1) is 6.61 Å². The van der Waals surface area contributed by atoms with Crippen LogP contribution in [0, 0.1) is 12.7 Å². The SMILES string of the molecule is CCCc1cnc2ccc(-c3cc(F)ccc3OCCc3c(C(N)=O)nn(C)c3C)cn12. The molecule has 0 saturated heterocycles. The first kappa shape index (κ1) is 21.5. The summed E-state index contributed by atoms with van der Waals surface area (Å²) in [5.74, 6) is -0.348. The number of halogens is 1. The van der Waals surface area contributed by atoms with Gasteiger partial charge in [-0.05, 0) is 43.7 Å². The van der Waals surface area contributed by atoms with Crippen LogP contribution in [0.25, 0.3) is 16.8 Å². The summed E-state index contributed by atoms with van der Waals surface area (Å²) in [4.78, 5) is 16.2. The molecule has 0 spiro atoms. The highest BCUT2D eigenvalue weighted by molar-refractivity contribution is 5.92. The van der Waals surface area contributed by atoms with Gasteiger partial charge in [0, 0.05) is 53.9 Å². The number of nitrogens with zero attached hydrogens (tertiary/aromatic N) is 4. The number of amides is 1. The van der Waals surface area contributed by atoms with E-state index in [1.54, 1.807) is 17.8 Å². The number of carbonyl (C=O) groups is 1. The van der Waals surface area contributed by atoms with Crippen molar-refractivity contribution in [2.24, 2.45) is 12.8 Å². The number of primary amides is 1. The van der Waals surface area contributed by atoms with E-state index in [9.17, 15) is 9.18 Å². The molecular formula is C24H26FN5O2. The number of pyridine rings is 1. The van der Waals surface area contributed by atoms with Crippen LogP contribution in [0.15, 0.2) is 42.7 Å². The largest absolute Gasteiger partial charge is 0.493 e. The van der Waals surface area contributed by atoms with Crippen LogP contribution in [-0.2, 0) is 19.9 Å². The van der Waals surface area contributed by atoms with Gasteiger partial charge in [0.25, 0.3) is 5.91 Å². The molecule has 0 atom stereocenters. The van der Waals surface area contributed by atoms with Crippen molar-refractivity contribution < 1.29 is 13.9 Å². The topological polar surface area (TPSA) is 87.4 Å². The van der Waals surface area contributed by atoms with Crippen LogP contribution in [0.1, 0.15) is 40.8 Å². The molecular weight excluding hydrogens is 409 g/mol. The van der Waals surface area contributed by atoms with Gasteiger partial charge in [-0.15, -0.1) is 0 Å². The highest BCUT2D eigenvalue weighted by Gasteiger charge is 2.18. The molecule has 4 aromatic rings. The van der Waals surface area contributed by atoms with Crippen LogP contribution in [-0.4, -0.2) is 31.7 Å². The normalized spacial score (nSPS) is 11.2. The van der Waals surface area contributed by atoms with E-state index >= 15 is 0 Å². The molecule has 32 heavy (non-hydrogen) atoms. The van der Waals surface area contributed by atoms with E-state index in [1.807, 2.05) is 35.9 Å². The molecule has 0 aliphatic rings. The number of ether oxygens (including phenoxy) is 1. The molecule has 1 amide bonds. The molecule has 0 radical (unpaired) electrons. The summed E-state index contributed by atoms with van der Waals surface area (Å²) in [6.45, 7) is 4.29. The van der Waals surface area contributed by atoms with Gasteiger partial charge in [0.1, 0.15) is 17.2 Å². The van der Waals surface area contributed by atoms with Gasteiger partial charge in [-0.1, -0.05) is 13.3 Å². The Labute approximate surface area is 185 Å². The standard InChI is InChI=1S/C24H26FN5O2/c1-4-5-18-13-27-22-9-6-16(14-30(18)22)20-12-17(25)7-8-21(20)32-11-10-19-15(2)29(3)28-23(19)24(26)31/h6-9,12-14H,4-5,10-11H2,1-3H3,(H2,26,31). The molecule has 3 aromatic heterocycles. The third kappa shape index (κ3) is 4.08. The fourth-order valence-corrected chi connectivity index (χ4v) is 3.90. The number of aromatic nitrogens is 4. The fourth-order valence-electron chi connectivity index (χ4n) is 3.90. The molecule has 0 fully saturated rings. The maximum atomic E-state index is 14.1. The van der Waals surface area contributed by atoms with Crippen molar-refractivity contribution in [1.82, 2.24) is 19.2 Å². The number of aryl methyl sites for hydroxylation is 2. The van der Waals surface area contributed by atoms with E-state index in [4.69, 9.17) is 10.5 Å². The molecule has 0 saturated carbocycles. The van der Waals surface area contributed by atoms with E-state index in [0.717, 1.165) is 41.0 Å². The molecule has 1 aromatic carbocycles. The molecule has 8 heteroatoms. The van der Waals surface area contributed by atoms with Crippen molar-refractivity contribution in [2.75, 3.05) is 6.61 Å². The number of rotatable bonds is 8. The summed E-state index contributed by atoms with van der Waals surface area (Å²) < 4.78 is 23.8. The highest BCUT2D eigenvalue weighted by atomic mass is 19.1. The Bertz CT molecular complexity index is 1290. The second-order valence-corrected chi connectivity index (χ2v) is 7.78. The average molecular weight is 436 g/mol. The minimum absolute atomic E-state index is 0.252. The van der Waals surface area contributed by atoms with Crippen molar-refractivity contribution >= 4 is 11.6 Å². The zero-order chi connectivity index (χ0) is 22.8. The Morgan fingerprint density at radius 2 is 2.03 bits per heavy atom. The lowest BCUT2D eigenvalue weighted by Gasteiger charge is -2.13. The summed E-state index contributed by atoms with van der Waals surface area (Å²) in [6.07, 6.45) is 6.21. The molecule has 166 valence electrons. The Balaban J connectivity index is 1.62. The summed E-state index contributed by atoms with van der Waals surface area (Å²) in [7, 11) is 1.77. The van der Waals surface area contributed by atoms with Gasteiger partial charge in [-0.25, -0.2) is 9.37 Å². The van der Waals surface area contributed by atoms with E-state index in [2.05, 4.69) is 17.0 Å². The lowest BCUT2D eigenvalue weighted by Crippen LogP contribution is -2.15. The second-order valence-electron chi connectivity index (χ2n) is 7.78. The van der Waals surface area contributed by atoms with Crippen molar-refractivity contribution in [3.05, 3.63) is 71.2 Å². The van der Waals surface area contributed by atoms with Crippen LogP contribution in [0.5, 0.6) is 5.75 Å². The number of fused-ring (bicyclic) bond motifs is 1. The Morgan fingerprint density at radius 3 is 2.78 bits per heavy atom. The van der Waals surface area contributed by atoms with E-state index in [1.165, 1.54) is 12.1 Å². The van der Waals surface area contributed by atoms with Gasteiger partial charge in [-0.2, -0.15) is 5.10 Å². The number of hydrogen-bond acceptors (Lipinski definition) is 4. The lowest BCUT2D eigenvalue weighted by atomic mass is 10.1. The smallest absolute Gasteiger partial charge is 0.269 e. The summed E-state index contributed by atoms with van der Waals surface area (Å²) in [5, 5.41) is 4.19. The zero-order valence-corrected chi connectivity index (χ0v) is 18.4. The molecule has 4 rings (SSSR count). The second kappa shape index (κ2) is 8.82. The minimum atomic E-state index is -0.567. The summed E-state index contributed by atoms with van der Waals surface area (Å²) >= 11 is 0. The molecule has 2 N–H and O–H groups in total. The molecule has 0 bridgehead atoms. The van der Waals surface area contributed by atoms with Gasteiger partial charge in [0.2, 0.25) is 0 Å². The van der Waals surface area contributed by atoms with Gasteiger partial charge < -0.3 is 14.9 Å². The third-order valence-electron chi connectivity index (χ3n) is 5.64. The van der Waals surface area contributed by atoms with E-state index in [0.29, 0.717) is 24.3 Å². The van der Waals surface area contributed by atoms with E-state index in [-0.39, 0.29) is 11.5 Å². The average Bonchev–Trinajstić information content (AvgIpc) is 3.30. The predicted octanol–water partition coefficient (Wildman–Crippen LogP) is 3.86. The Morgan fingerprint density at radius 1 is 1.22 bits per heavy atom. The number of nitrogens with two attached hydrogens (primary N) is 1. The van der Waals surface area contributed by atoms with Crippen LogP contribution in [0.3, 0.4) is 0 Å². The third-order valence-corrected chi connectivity index (χ3v) is 5.64. The van der Waals surface area contributed by atoms with Crippen molar-refractivity contribution in [1.29, 1.82) is 0 Å². The quantitative estimate of drug-likeness (QED) is 0.455. The van der Waals surface area contributed by atoms with Crippen molar-refractivity contribution in [2.45, 2.75) is 33.1 Å². The first-order valence-electron chi connectivity index (χ1n) is 10.6. The van der Waals surface area contributed by atoms with Crippen molar-refractivity contribution in [3.8, 4) is 16.9 Å². The zero-order valence-electron chi connectivity index (χ0n) is 18.4. The minimum Gasteiger partial charge on any atom is -0.493 e. The van der Waals surface area contributed by atoms with Crippen LogP contribution in [0.2, 0.25) is 0 Å². The number of hydrogen-bond donors (Lipinski definition) is 1. The summed E-state index contributed by atoms with van der Waals surface area (Å²) in [5.41, 5.74) is 10.8. The predicted molar refractivity (Wildman–Crippen MR) is 120 cm³/mol. The Kier molecular flexibility index (Phi) is 5.94. The number of imidazole rings is 1. The highest BCUT2D eigenvalue weighted by Crippen LogP contribution is 2.31. The maximum absolute atomic E-state index is 14.1. The fraction of sp³-hybridized carbons (Fsp3) is 0.292. The first-order chi connectivity index (χ1) is 15.4. The number of benzene rings is 1. The van der Waals surface area contributed by atoms with E-state index < -0.39 is 5.91 Å². The summed E-state index contributed by atoms with van der Waals surface area (Å²) in [6, 6.07) is 8.30. The molecule has 0 aliphatic heterocycles. The van der Waals surface area contributed by atoms with Crippen molar-refractivity contribution in [3.63, 3.8) is 0 Å². The van der Waals surface area contributed by atoms with Gasteiger partial charge >= 0.3 is 0 Å². The first-order valence-corrected chi connectivity index (χ1v) is 10.6. The number of carbonyl (C=O) groups excluding carboxylic acids is 1. The van der Waals surface area contributed by atoms with Gasteiger partial charge in [-0.3, -0.25) is 9.48 Å². The molecule has 0 unspecified atom stereocenters. The van der Waals surface area contributed by atoms with Crippen LogP contribution in [0.4, 0.5) is 4.39 Å².